The summed E-state index contributed by atoms with van der Waals surface area (Å²) in [6, 6.07) is 3.77. The molecule has 2 N–H and O–H groups in total. The molecular formula is C11H10N6. The highest BCUT2D eigenvalue weighted by molar-refractivity contribution is 5.88. The number of anilines is 2. The number of H-pyrrole nitrogens is 1. The molecule has 0 fully saturated rings. The fourth-order valence-corrected chi connectivity index (χ4v) is 1.62. The van der Waals surface area contributed by atoms with Crippen molar-refractivity contribution in [3.05, 3.63) is 36.5 Å². The highest BCUT2D eigenvalue weighted by Crippen LogP contribution is 2.21. The molecule has 0 bridgehead atoms. The van der Waals surface area contributed by atoms with E-state index < -0.39 is 0 Å². The molecule has 0 saturated heterocycles. The number of aryl methyl sites for hydroxylation is 1. The molecule has 84 valence electrons. The van der Waals surface area contributed by atoms with Crippen LogP contribution in [0.4, 0.5) is 11.5 Å². The van der Waals surface area contributed by atoms with Gasteiger partial charge in [-0.25, -0.2) is 9.97 Å². The van der Waals surface area contributed by atoms with E-state index in [4.69, 9.17) is 0 Å². The minimum atomic E-state index is 0.673. The third-order valence-electron chi connectivity index (χ3n) is 2.44. The van der Waals surface area contributed by atoms with Crippen molar-refractivity contribution >= 4 is 22.5 Å². The number of aromatic nitrogens is 5. The average molecular weight is 226 g/mol. The summed E-state index contributed by atoms with van der Waals surface area (Å²) in [5, 5.41) is 10.2. The van der Waals surface area contributed by atoms with Crippen molar-refractivity contribution in [2.45, 2.75) is 6.92 Å². The van der Waals surface area contributed by atoms with Crippen LogP contribution in [0.5, 0.6) is 0 Å². The first-order valence-electron chi connectivity index (χ1n) is 5.17. The van der Waals surface area contributed by atoms with E-state index in [0.29, 0.717) is 5.82 Å². The first kappa shape index (κ1) is 9.71. The lowest BCUT2D eigenvalue weighted by Crippen LogP contribution is -1.95. The van der Waals surface area contributed by atoms with Crippen molar-refractivity contribution in [2.24, 2.45) is 0 Å². The van der Waals surface area contributed by atoms with Gasteiger partial charge in [0.15, 0.2) is 11.3 Å². The molecule has 0 atom stereocenters. The van der Waals surface area contributed by atoms with Gasteiger partial charge in [-0.2, -0.15) is 5.10 Å². The summed E-state index contributed by atoms with van der Waals surface area (Å²) >= 11 is 0. The van der Waals surface area contributed by atoms with Gasteiger partial charge in [-0.1, -0.05) is 0 Å². The van der Waals surface area contributed by atoms with Gasteiger partial charge >= 0.3 is 0 Å². The summed E-state index contributed by atoms with van der Waals surface area (Å²) in [7, 11) is 0. The fraction of sp³-hybridized carbons (Fsp3) is 0.0909. The van der Waals surface area contributed by atoms with Gasteiger partial charge in [-0.15, -0.1) is 0 Å². The van der Waals surface area contributed by atoms with Gasteiger partial charge in [0.2, 0.25) is 0 Å². The van der Waals surface area contributed by atoms with Gasteiger partial charge in [0, 0.05) is 6.20 Å². The SMILES string of the molecule is Cc1[nH]nc2c(Nc3cccnc3)ncnc12. The van der Waals surface area contributed by atoms with Gasteiger partial charge in [-0.3, -0.25) is 10.1 Å². The van der Waals surface area contributed by atoms with Crippen LogP contribution >= 0.6 is 0 Å². The molecule has 3 aromatic rings. The van der Waals surface area contributed by atoms with Crippen molar-refractivity contribution in [3.8, 4) is 0 Å². The van der Waals surface area contributed by atoms with Crippen LogP contribution in [0.25, 0.3) is 11.0 Å². The normalized spacial score (nSPS) is 10.6. The third-order valence-corrected chi connectivity index (χ3v) is 2.44. The number of aromatic amines is 1. The molecule has 0 aliphatic carbocycles. The van der Waals surface area contributed by atoms with Crippen LogP contribution in [-0.4, -0.2) is 25.1 Å². The molecule has 0 aliphatic heterocycles. The van der Waals surface area contributed by atoms with Crippen LogP contribution in [0, 0.1) is 6.92 Å². The van der Waals surface area contributed by atoms with Gasteiger partial charge in [0.25, 0.3) is 0 Å². The van der Waals surface area contributed by atoms with Gasteiger partial charge in [-0.05, 0) is 19.1 Å². The molecule has 0 aromatic carbocycles. The van der Waals surface area contributed by atoms with Crippen LogP contribution in [0.15, 0.2) is 30.9 Å². The van der Waals surface area contributed by atoms with E-state index in [1.807, 2.05) is 19.1 Å². The van der Waals surface area contributed by atoms with Gasteiger partial charge < -0.3 is 5.32 Å². The topological polar surface area (TPSA) is 79.4 Å². The predicted octanol–water partition coefficient (Wildman–Crippen LogP) is 1.80. The van der Waals surface area contributed by atoms with E-state index in [1.165, 1.54) is 6.33 Å². The lowest BCUT2D eigenvalue weighted by atomic mass is 10.3. The number of pyridine rings is 1. The minimum Gasteiger partial charge on any atom is -0.337 e. The Morgan fingerprint density at radius 3 is 3.00 bits per heavy atom. The molecular weight excluding hydrogens is 216 g/mol. The summed E-state index contributed by atoms with van der Waals surface area (Å²) < 4.78 is 0. The van der Waals surface area contributed by atoms with Crippen molar-refractivity contribution in [2.75, 3.05) is 5.32 Å². The molecule has 17 heavy (non-hydrogen) atoms. The van der Waals surface area contributed by atoms with E-state index in [2.05, 4.69) is 30.5 Å². The summed E-state index contributed by atoms with van der Waals surface area (Å²) in [5.41, 5.74) is 3.35. The lowest BCUT2D eigenvalue weighted by Gasteiger charge is -2.04. The molecule has 3 aromatic heterocycles. The summed E-state index contributed by atoms with van der Waals surface area (Å²) in [6.45, 7) is 1.93. The van der Waals surface area contributed by atoms with Crippen LogP contribution < -0.4 is 5.32 Å². The quantitative estimate of drug-likeness (QED) is 0.696. The van der Waals surface area contributed by atoms with Crippen molar-refractivity contribution < 1.29 is 0 Å². The number of nitrogens with zero attached hydrogens (tertiary/aromatic N) is 4. The molecule has 0 unspecified atom stereocenters. The first-order valence-corrected chi connectivity index (χ1v) is 5.17. The summed E-state index contributed by atoms with van der Waals surface area (Å²) in [6.07, 6.45) is 4.97. The molecule has 3 heterocycles. The standard InChI is InChI=1S/C11H10N6/c1-7-9-10(17-16-7)11(14-6-13-9)15-8-3-2-4-12-5-8/h2-6H,1H3,(H,16,17)(H,13,14,15). The number of rotatable bonds is 2. The molecule has 6 nitrogen and oxygen atoms in total. The smallest absolute Gasteiger partial charge is 0.162 e. The van der Waals surface area contributed by atoms with Crippen LogP contribution in [0.3, 0.4) is 0 Å². The van der Waals surface area contributed by atoms with Crippen LogP contribution in [0.1, 0.15) is 5.69 Å². The van der Waals surface area contributed by atoms with Crippen LogP contribution in [0.2, 0.25) is 0 Å². The highest BCUT2D eigenvalue weighted by Gasteiger charge is 2.08. The first-order chi connectivity index (χ1) is 8.34. The maximum atomic E-state index is 4.18. The molecule has 6 heteroatoms. The minimum absolute atomic E-state index is 0.673. The second kappa shape index (κ2) is 3.82. The number of nitrogens with one attached hydrogen (secondary N) is 2. The number of fused-ring (bicyclic) bond motifs is 1. The van der Waals surface area contributed by atoms with Crippen molar-refractivity contribution in [1.82, 2.24) is 25.1 Å². The maximum absolute atomic E-state index is 4.18. The van der Waals surface area contributed by atoms with E-state index >= 15 is 0 Å². The Kier molecular flexibility index (Phi) is 2.18. The van der Waals surface area contributed by atoms with E-state index in [9.17, 15) is 0 Å². The zero-order valence-corrected chi connectivity index (χ0v) is 9.18. The molecule has 0 aliphatic rings. The van der Waals surface area contributed by atoms with Crippen molar-refractivity contribution in [3.63, 3.8) is 0 Å². The predicted molar refractivity (Wildman–Crippen MR) is 63.9 cm³/mol. The number of hydrogen-bond donors (Lipinski definition) is 2. The second-order valence-electron chi connectivity index (χ2n) is 3.63. The zero-order valence-electron chi connectivity index (χ0n) is 9.18. The average Bonchev–Trinajstić information content (AvgIpc) is 2.74. The van der Waals surface area contributed by atoms with Crippen molar-refractivity contribution in [1.29, 1.82) is 0 Å². The Morgan fingerprint density at radius 2 is 2.18 bits per heavy atom. The van der Waals surface area contributed by atoms with Gasteiger partial charge in [0.05, 0.1) is 17.6 Å². The molecule has 0 radical (unpaired) electrons. The fourth-order valence-electron chi connectivity index (χ4n) is 1.62. The Balaban J connectivity index is 2.06. The Bertz CT molecular complexity index is 645. The second-order valence-corrected chi connectivity index (χ2v) is 3.63. The lowest BCUT2D eigenvalue weighted by molar-refractivity contribution is 1.07. The molecule has 3 rings (SSSR count). The number of hydrogen-bond acceptors (Lipinski definition) is 5. The largest absolute Gasteiger partial charge is 0.337 e. The summed E-state index contributed by atoms with van der Waals surface area (Å²) in [5.74, 6) is 0.673. The Labute approximate surface area is 97.1 Å². The monoisotopic (exact) mass is 226 g/mol. The maximum Gasteiger partial charge on any atom is 0.162 e. The zero-order chi connectivity index (χ0) is 11.7. The van der Waals surface area contributed by atoms with Gasteiger partial charge in [0.1, 0.15) is 11.8 Å². The molecule has 0 amide bonds. The Hall–Kier alpha value is -2.50. The third kappa shape index (κ3) is 1.69. The summed E-state index contributed by atoms with van der Waals surface area (Å²) in [4.78, 5) is 12.4. The Morgan fingerprint density at radius 1 is 1.24 bits per heavy atom. The molecule has 0 spiro atoms. The van der Waals surface area contributed by atoms with E-state index in [-0.39, 0.29) is 0 Å². The van der Waals surface area contributed by atoms with E-state index in [0.717, 1.165) is 22.4 Å². The molecule has 0 saturated carbocycles. The van der Waals surface area contributed by atoms with Crippen LogP contribution in [-0.2, 0) is 0 Å². The highest BCUT2D eigenvalue weighted by atomic mass is 15.2. The van der Waals surface area contributed by atoms with E-state index in [1.54, 1.807) is 12.4 Å².